The first kappa shape index (κ1) is 24.1. The third kappa shape index (κ3) is 4.58. The number of aromatic nitrogens is 9. The van der Waals surface area contributed by atoms with Crippen molar-refractivity contribution >= 4 is 33.8 Å². The van der Waals surface area contributed by atoms with E-state index in [2.05, 4.69) is 45.8 Å². The first-order valence-electron chi connectivity index (χ1n) is 13.3. The first-order valence-corrected chi connectivity index (χ1v) is 13.3. The summed E-state index contributed by atoms with van der Waals surface area (Å²) in [7, 11) is 0. The maximum Gasteiger partial charge on any atom is 0.224 e. The van der Waals surface area contributed by atoms with Crippen LogP contribution in [0.2, 0.25) is 0 Å². The molecule has 1 aliphatic rings. The molecule has 0 spiro atoms. The quantitative estimate of drug-likeness (QED) is 0.252. The summed E-state index contributed by atoms with van der Waals surface area (Å²) in [6.07, 6.45) is 13.2. The van der Waals surface area contributed by atoms with E-state index < -0.39 is 0 Å². The zero-order valence-corrected chi connectivity index (χ0v) is 21.8. The lowest BCUT2D eigenvalue weighted by atomic mass is 9.94. The van der Waals surface area contributed by atoms with Gasteiger partial charge in [0, 0.05) is 42.3 Å². The number of rotatable bonds is 6. The van der Waals surface area contributed by atoms with E-state index in [1.54, 1.807) is 31.1 Å². The van der Waals surface area contributed by atoms with Gasteiger partial charge in [-0.25, -0.2) is 19.9 Å². The van der Waals surface area contributed by atoms with Gasteiger partial charge in [-0.3, -0.25) is 14.9 Å². The van der Waals surface area contributed by atoms with Gasteiger partial charge in [0.05, 0.1) is 35.0 Å². The van der Waals surface area contributed by atoms with E-state index in [1.165, 1.54) is 0 Å². The van der Waals surface area contributed by atoms with Gasteiger partial charge in [0.2, 0.25) is 5.91 Å². The van der Waals surface area contributed by atoms with Crippen molar-refractivity contribution in [1.29, 1.82) is 0 Å². The van der Waals surface area contributed by atoms with Crippen LogP contribution in [0, 0.1) is 12.8 Å². The van der Waals surface area contributed by atoms with Crippen LogP contribution in [0.25, 0.3) is 50.5 Å². The van der Waals surface area contributed by atoms with Gasteiger partial charge in [-0.1, -0.05) is 0 Å². The largest absolute Gasteiger partial charge is 0.334 e. The van der Waals surface area contributed by atoms with Crippen molar-refractivity contribution in [2.45, 2.75) is 26.2 Å². The maximum absolute atomic E-state index is 12.7. The summed E-state index contributed by atoms with van der Waals surface area (Å²) in [5.74, 6) is 1.03. The van der Waals surface area contributed by atoms with Crippen LogP contribution < -0.4 is 10.6 Å². The topological polar surface area (TPSA) is 155 Å². The molecule has 40 heavy (non-hydrogen) atoms. The van der Waals surface area contributed by atoms with Gasteiger partial charge in [-0.15, -0.1) is 0 Å². The van der Waals surface area contributed by atoms with Crippen LogP contribution in [0.4, 0.5) is 5.69 Å². The number of imidazole rings is 2. The van der Waals surface area contributed by atoms with Crippen molar-refractivity contribution in [3.8, 4) is 28.3 Å². The number of nitrogens with zero attached hydrogens (tertiary/aromatic N) is 7. The van der Waals surface area contributed by atoms with Crippen LogP contribution in [0.5, 0.6) is 0 Å². The van der Waals surface area contributed by atoms with Crippen molar-refractivity contribution in [3.05, 3.63) is 61.2 Å². The molecular weight excluding hydrogens is 506 g/mol. The number of aromatic amines is 2. The number of amides is 1. The predicted octanol–water partition coefficient (Wildman–Crippen LogP) is 3.78. The molecule has 0 saturated carbocycles. The Kier molecular flexibility index (Phi) is 6.00. The van der Waals surface area contributed by atoms with Gasteiger partial charge in [0.1, 0.15) is 11.2 Å². The lowest BCUT2D eigenvalue weighted by Gasteiger charge is -2.21. The average Bonchev–Trinajstić information content (AvgIpc) is 3.71. The number of anilines is 1. The smallest absolute Gasteiger partial charge is 0.224 e. The lowest BCUT2D eigenvalue weighted by Crippen LogP contribution is -2.30. The molecule has 1 aliphatic heterocycles. The monoisotopic (exact) mass is 533 g/mol. The van der Waals surface area contributed by atoms with E-state index in [1.807, 2.05) is 35.9 Å². The number of carbonyl (C=O) groups is 1. The van der Waals surface area contributed by atoms with Crippen LogP contribution in [0.15, 0.2) is 55.5 Å². The lowest BCUT2D eigenvalue weighted by molar-refractivity contribution is -0.117. The number of H-pyrrole nitrogens is 2. The fourth-order valence-electron chi connectivity index (χ4n) is 5.25. The molecule has 1 saturated heterocycles. The van der Waals surface area contributed by atoms with Crippen molar-refractivity contribution in [2.24, 2.45) is 5.92 Å². The third-order valence-corrected chi connectivity index (χ3v) is 7.29. The molecule has 0 bridgehead atoms. The Balaban J connectivity index is 1.19. The third-order valence-electron chi connectivity index (χ3n) is 7.29. The Morgan fingerprint density at radius 3 is 2.80 bits per heavy atom. The zero-order valence-electron chi connectivity index (χ0n) is 21.8. The highest BCUT2D eigenvalue weighted by Gasteiger charge is 2.18. The highest BCUT2D eigenvalue weighted by molar-refractivity contribution is 5.95. The molecule has 12 heteroatoms. The van der Waals surface area contributed by atoms with E-state index in [0.29, 0.717) is 40.8 Å². The van der Waals surface area contributed by atoms with E-state index >= 15 is 0 Å². The van der Waals surface area contributed by atoms with Crippen molar-refractivity contribution in [3.63, 3.8) is 0 Å². The number of carbonyl (C=O) groups excluding carboxylic acids is 1. The first-order chi connectivity index (χ1) is 19.6. The Hall–Kier alpha value is -4.97. The molecule has 7 heterocycles. The Labute approximate surface area is 228 Å². The summed E-state index contributed by atoms with van der Waals surface area (Å²) in [6, 6.07) is 5.83. The van der Waals surface area contributed by atoms with Crippen molar-refractivity contribution in [2.75, 3.05) is 18.4 Å². The highest BCUT2D eigenvalue weighted by atomic mass is 16.1. The molecule has 4 N–H and O–H groups in total. The van der Waals surface area contributed by atoms with Crippen LogP contribution in [0.1, 0.15) is 25.0 Å². The molecule has 200 valence electrons. The zero-order chi connectivity index (χ0) is 27.1. The molecule has 7 rings (SSSR count). The molecule has 6 aromatic rings. The maximum atomic E-state index is 12.7. The van der Waals surface area contributed by atoms with Gasteiger partial charge in [0.15, 0.2) is 17.1 Å². The average molecular weight is 534 g/mol. The molecule has 0 aromatic carbocycles. The minimum atomic E-state index is 0.0141. The second kappa shape index (κ2) is 9.97. The standard InChI is InChI=1S/C28H27N11O/c1-16-14-39(15-33-16)22-4-7-31-27-25(22)35-28(36-27)24-21-10-19(12-32-26(21)38-37-24)18-9-20(13-30-11-18)34-23(40)8-17-2-5-29-6-3-17/h4,7,9-15,17,29H,2-3,5-6,8H2,1H3,(H,34,40)(H,31,35,36)(H,32,37,38). The molecule has 0 radical (unpaired) electrons. The van der Waals surface area contributed by atoms with Crippen molar-refractivity contribution < 1.29 is 4.79 Å². The van der Waals surface area contributed by atoms with Crippen molar-refractivity contribution in [1.82, 2.24) is 50.0 Å². The Morgan fingerprint density at radius 2 is 1.95 bits per heavy atom. The van der Waals surface area contributed by atoms with Gasteiger partial charge >= 0.3 is 0 Å². The highest BCUT2D eigenvalue weighted by Crippen LogP contribution is 2.30. The summed E-state index contributed by atoms with van der Waals surface area (Å²) < 4.78 is 1.94. The van der Waals surface area contributed by atoms with E-state index in [0.717, 1.165) is 59.3 Å². The minimum absolute atomic E-state index is 0.0141. The summed E-state index contributed by atoms with van der Waals surface area (Å²) >= 11 is 0. The molecule has 6 aromatic heterocycles. The van der Waals surface area contributed by atoms with Gasteiger partial charge in [-0.05, 0) is 57.0 Å². The number of fused-ring (bicyclic) bond motifs is 2. The molecule has 0 atom stereocenters. The molecule has 1 fully saturated rings. The number of aryl methyl sites for hydroxylation is 1. The number of hydrogen-bond donors (Lipinski definition) is 4. The second-order valence-corrected chi connectivity index (χ2v) is 10.1. The number of pyridine rings is 3. The predicted molar refractivity (Wildman–Crippen MR) is 151 cm³/mol. The Morgan fingerprint density at radius 1 is 1.07 bits per heavy atom. The number of hydrogen-bond acceptors (Lipinski definition) is 8. The Bertz CT molecular complexity index is 1840. The minimum Gasteiger partial charge on any atom is -0.334 e. The van der Waals surface area contributed by atoms with Crippen LogP contribution in [-0.4, -0.2) is 63.7 Å². The summed E-state index contributed by atoms with van der Waals surface area (Å²) in [4.78, 5) is 38.5. The molecule has 0 unspecified atom stereocenters. The summed E-state index contributed by atoms with van der Waals surface area (Å²) in [5, 5.41) is 14.6. The molecule has 0 aliphatic carbocycles. The molecule has 12 nitrogen and oxygen atoms in total. The second-order valence-electron chi connectivity index (χ2n) is 10.1. The fourth-order valence-corrected chi connectivity index (χ4v) is 5.25. The van der Waals surface area contributed by atoms with E-state index in [4.69, 9.17) is 4.98 Å². The van der Waals surface area contributed by atoms with Gasteiger partial charge < -0.3 is 20.2 Å². The SMILES string of the molecule is Cc1cn(-c2ccnc3nc(-c4[nH]nc5ncc(-c6cncc(NC(=O)CC7CCNCC7)c6)cc45)[nH]c23)cn1. The van der Waals surface area contributed by atoms with Gasteiger partial charge in [0.25, 0.3) is 0 Å². The number of piperidine rings is 1. The summed E-state index contributed by atoms with van der Waals surface area (Å²) in [6.45, 7) is 3.89. The van der Waals surface area contributed by atoms with E-state index in [-0.39, 0.29) is 5.91 Å². The van der Waals surface area contributed by atoms with E-state index in [9.17, 15) is 4.79 Å². The number of nitrogens with one attached hydrogen (secondary N) is 4. The van der Waals surface area contributed by atoms with Crippen LogP contribution >= 0.6 is 0 Å². The van der Waals surface area contributed by atoms with Gasteiger partial charge in [-0.2, -0.15) is 5.10 Å². The summed E-state index contributed by atoms with van der Waals surface area (Å²) in [5.41, 5.74) is 6.81. The normalized spacial score (nSPS) is 14.2. The fraction of sp³-hybridized carbons (Fsp3) is 0.250. The molecule has 1 amide bonds. The van der Waals surface area contributed by atoms with Crippen LogP contribution in [0.3, 0.4) is 0 Å². The molecular formula is C28H27N11O. The van der Waals surface area contributed by atoms with Crippen LogP contribution in [-0.2, 0) is 4.79 Å².